The molecule has 1 fully saturated rings. The molecule has 0 saturated heterocycles. The molecule has 118 valence electrons. The average Bonchev–Trinajstić information content (AvgIpc) is 2.51. The number of nitrogens with one attached hydrogen (secondary N) is 1. The first-order valence-corrected chi connectivity index (χ1v) is 7.17. The molecule has 5 nitrogen and oxygen atoms in total. The van der Waals surface area contributed by atoms with Gasteiger partial charge in [-0.2, -0.15) is 0 Å². The van der Waals surface area contributed by atoms with Crippen molar-refractivity contribution in [2.75, 3.05) is 7.11 Å². The number of carbonyl (C=O) groups excluding carboxylic acids is 3. The Morgan fingerprint density at radius 3 is 2.82 bits per heavy atom. The number of ether oxygens (including phenoxy) is 1. The van der Waals surface area contributed by atoms with Gasteiger partial charge in [0.15, 0.2) is 0 Å². The third-order valence-electron chi connectivity index (χ3n) is 3.82. The fraction of sp³-hybridized carbons (Fsp3) is 0.438. The van der Waals surface area contributed by atoms with E-state index in [1.807, 2.05) is 0 Å². The minimum atomic E-state index is -0.898. The SMILES string of the molecule is COC(=O)[C@H](NC(=O)c1cccc(F)c1)[C@H]1CCCC(=O)C1. The van der Waals surface area contributed by atoms with Crippen LogP contribution in [0.4, 0.5) is 4.39 Å². The van der Waals surface area contributed by atoms with E-state index in [0.29, 0.717) is 19.3 Å². The predicted octanol–water partition coefficient (Wildman–Crippen LogP) is 1.86. The molecule has 1 amide bonds. The fourth-order valence-corrected chi connectivity index (χ4v) is 2.69. The molecule has 22 heavy (non-hydrogen) atoms. The number of halogens is 1. The summed E-state index contributed by atoms with van der Waals surface area (Å²) >= 11 is 0. The van der Waals surface area contributed by atoms with Crippen LogP contribution in [-0.2, 0) is 14.3 Å². The molecule has 1 aromatic carbocycles. The molecule has 0 unspecified atom stereocenters. The van der Waals surface area contributed by atoms with Crippen LogP contribution in [0.5, 0.6) is 0 Å². The average molecular weight is 307 g/mol. The van der Waals surface area contributed by atoms with E-state index in [9.17, 15) is 18.8 Å². The van der Waals surface area contributed by atoms with Crippen molar-refractivity contribution >= 4 is 17.7 Å². The smallest absolute Gasteiger partial charge is 0.328 e. The summed E-state index contributed by atoms with van der Waals surface area (Å²) in [6.07, 6.45) is 2.09. The van der Waals surface area contributed by atoms with Gasteiger partial charge in [0.2, 0.25) is 0 Å². The maximum atomic E-state index is 13.2. The van der Waals surface area contributed by atoms with E-state index in [1.165, 1.54) is 25.3 Å². The van der Waals surface area contributed by atoms with Gasteiger partial charge in [-0.05, 0) is 37.0 Å². The number of hydrogen-bond acceptors (Lipinski definition) is 4. The Kier molecular flexibility index (Phi) is 5.25. The molecule has 0 radical (unpaired) electrons. The van der Waals surface area contributed by atoms with E-state index < -0.39 is 23.7 Å². The largest absolute Gasteiger partial charge is 0.467 e. The second-order valence-electron chi connectivity index (χ2n) is 5.38. The summed E-state index contributed by atoms with van der Waals surface area (Å²) in [5.41, 5.74) is 0.121. The number of hydrogen-bond donors (Lipinski definition) is 1. The minimum Gasteiger partial charge on any atom is -0.467 e. The first-order chi connectivity index (χ1) is 10.5. The van der Waals surface area contributed by atoms with Gasteiger partial charge in [0.25, 0.3) is 5.91 Å². The van der Waals surface area contributed by atoms with E-state index in [0.717, 1.165) is 6.07 Å². The Morgan fingerprint density at radius 2 is 2.18 bits per heavy atom. The Hall–Kier alpha value is -2.24. The van der Waals surface area contributed by atoms with Gasteiger partial charge in [-0.3, -0.25) is 9.59 Å². The van der Waals surface area contributed by atoms with Gasteiger partial charge < -0.3 is 10.1 Å². The molecule has 1 aromatic rings. The van der Waals surface area contributed by atoms with E-state index in [-0.39, 0.29) is 23.7 Å². The van der Waals surface area contributed by atoms with Crippen molar-refractivity contribution in [3.63, 3.8) is 0 Å². The Balaban J connectivity index is 2.14. The molecule has 6 heteroatoms. The van der Waals surface area contributed by atoms with Crippen LogP contribution in [0.3, 0.4) is 0 Å². The molecule has 0 heterocycles. The third-order valence-corrected chi connectivity index (χ3v) is 3.82. The number of esters is 1. The van der Waals surface area contributed by atoms with Crippen molar-refractivity contribution in [3.8, 4) is 0 Å². The molecule has 1 aliphatic carbocycles. The molecule has 2 atom stereocenters. The normalized spacial score (nSPS) is 19.4. The number of rotatable bonds is 4. The first kappa shape index (κ1) is 16.1. The van der Waals surface area contributed by atoms with Gasteiger partial charge in [-0.15, -0.1) is 0 Å². The van der Waals surface area contributed by atoms with Gasteiger partial charge >= 0.3 is 5.97 Å². The van der Waals surface area contributed by atoms with E-state index >= 15 is 0 Å². The van der Waals surface area contributed by atoms with Crippen LogP contribution in [0.15, 0.2) is 24.3 Å². The molecular formula is C16H18FNO4. The summed E-state index contributed by atoms with van der Waals surface area (Å²) in [7, 11) is 1.23. The standard InChI is InChI=1S/C16H18FNO4/c1-22-16(21)14(10-4-3-7-13(19)9-10)18-15(20)11-5-2-6-12(17)8-11/h2,5-6,8,10,14H,3-4,7,9H2,1H3,(H,18,20)/t10-,14+/m0/s1. The van der Waals surface area contributed by atoms with Crippen LogP contribution in [0.1, 0.15) is 36.0 Å². The molecule has 1 aliphatic rings. The minimum absolute atomic E-state index is 0.0742. The lowest BCUT2D eigenvalue weighted by molar-refractivity contribution is -0.145. The maximum Gasteiger partial charge on any atom is 0.328 e. The van der Waals surface area contributed by atoms with E-state index in [1.54, 1.807) is 0 Å². The fourth-order valence-electron chi connectivity index (χ4n) is 2.69. The number of methoxy groups -OCH3 is 1. The molecular weight excluding hydrogens is 289 g/mol. The first-order valence-electron chi connectivity index (χ1n) is 7.17. The van der Waals surface area contributed by atoms with Gasteiger partial charge in [0, 0.05) is 18.4 Å². The topological polar surface area (TPSA) is 72.5 Å². The zero-order valence-electron chi connectivity index (χ0n) is 12.3. The molecule has 0 aliphatic heterocycles. The van der Waals surface area contributed by atoms with Gasteiger partial charge in [0.1, 0.15) is 17.6 Å². The van der Waals surface area contributed by atoms with Gasteiger partial charge in [-0.1, -0.05) is 6.07 Å². The second-order valence-corrected chi connectivity index (χ2v) is 5.38. The molecule has 0 aromatic heterocycles. The van der Waals surface area contributed by atoms with Crippen LogP contribution in [0.2, 0.25) is 0 Å². The van der Waals surface area contributed by atoms with E-state index in [4.69, 9.17) is 4.74 Å². The molecule has 0 spiro atoms. The maximum absolute atomic E-state index is 13.2. The second kappa shape index (κ2) is 7.15. The molecule has 2 rings (SSSR count). The van der Waals surface area contributed by atoms with Crippen molar-refractivity contribution in [1.82, 2.24) is 5.32 Å². The summed E-state index contributed by atoms with van der Waals surface area (Å²) in [5, 5.41) is 2.57. The lowest BCUT2D eigenvalue weighted by Gasteiger charge is -2.28. The predicted molar refractivity (Wildman–Crippen MR) is 76.6 cm³/mol. The van der Waals surface area contributed by atoms with Crippen molar-refractivity contribution < 1.29 is 23.5 Å². The number of carbonyl (C=O) groups is 3. The van der Waals surface area contributed by atoms with Crippen LogP contribution < -0.4 is 5.32 Å². The number of benzene rings is 1. The lowest BCUT2D eigenvalue weighted by atomic mass is 9.83. The number of Topliss-reactive ketones (excluding diaryl/α,β-unsaturated/α-hetero) is 1. The molecule has 1 saturated carbocycles. The zero-order chi connectivity index (χ0) is 16.1. The summed E-state index contributed by atoms with van der Waals surface area (Å²) in [6.45, 7) is 0. The highest BCUT2D eigenvalue weighted by Gasteiger charge is 2.34. The highest BCUT2D eigenvalue weighted by atomic mass is 19.1. The van der Waals surface area contributed by atoms with Crippen molar-refractivity contribution in [3.05, 3.63) is 35.6 Å². The quantitative estimate of drug-likeness (QED) is 0.862. The van der Waals surface area contributed by atoms with Gasteiger partial charge in [0.05, 0.1) is 7.11 Å². The van der Waals surface area contributed by atoms with Crippen LogP contribution in [0, 0.1) is 11.7 Å². The third kappa shape index (κ3) is 3.90. The molecule has 1 N–H and O–H groups in total. The van der Waals surface area contributed by atoms with Crippen LogP contribution in [-0.4, -0.2) is 30.8 Å². The summed E-state index contributed by atoms with van der Waals surface area (Å²) in [6, 6.07) is 4.30. The van der Waals surface area contributed by atoms with Crippen LogP contribution in [0.25, 0.3) is 0 Å². The van der Waals surface area contributed by atoms with Crippen molar-refractivity contribution in [2.24, 2.45) is 5.92 Å². The lowest BCUT2D eigenvalue weighted by Crippen LogP contribution is -2.48. The summed E-state index contributed by atoms with van der Waals surface area (Å²) in [4.78, 5) is 35.7. The number of amides is 1. The number of ketones is 1. The highest BCUT2D eigenvalue weighted by molar-refractivity contribution is 5.97. The Labute approximate surface area is 127 Å². The van der Waals surface area contributed by atoms with Crippen LogP contribution >= 0.6 is 0 Å². The highest BCUT2D eigenvalue weighted by Crippen LogP contribution is 2.25. The van der Waals surface area contributed by atoms with Crippen molar-refractivity contribution in [2.45, 2.75) is 31.7 Å². The van der Waals surface area contributed by atoms with E-state index in [2.05, 4.69) is 5.32 Å². The Morgan fingerprint density at radius 1 is 1.41 bits per heavy atom. The molecule has 0 bridgehead atoms. The summed E-state index contributed by atoms with van der Waals surface area (Å²) in [5.74, 6) is -1.90. The van der Waals surface area contributed by atoms with Gasteiger partial charge in [-0.25, -0.2) is 9.18 Å². The monoisotopic (exact) mass is 307 g/mol. The summed E-state index contributed by atoms with van der Waals surface area (Å²) < 4.78 is 17.9. The zero-order valence-corrected chi connectivity index (χ0v) is 12.3. The van der Waals surface area contributed by atoms with Crippen molar-refractivity contribution in [1.29, 1.82) is 0 Å². The Bertz CT molecular complexity index is 587.